The monoisotopic (exact) mass is 761 g/mol. The molecule has 12 rings (SSSR count). The zero-order valence-corrected chi connectivity index (χ0v) is 32.2. The van der Waals surface area contributed by atoms with Gasteiger partial charge in [0.1, 0.15) is 23.5 Å². The maximum Gasteiger partial charge on any atom is 0.206 e. The first-order valence-corrected chi connectivity index (χ1v) is 20.4. The van der Waals surface area contributed by atoms with Crippen molar-refractivity contribution in [2.75, 3.05) is 4.90 Å². The van der Waals surface area contributed by atoms with E-state index in [1.807, 2.05) is 6.07 Å². The number of aromatic nitrogens is 1. The number of para-hydroxylation sites is 4. The maximum absolute atomic E-state index is 6.56. The Hall–Kier alpha value is -7.41. The Labute approximate surface area is 341 Å². The minimum Gasteiger partial charge on any atom is -0.455 e. The fourth-order valence-corrected chi connectivity index (χ4v) is 9.40. The molecule has 2 aliphatic heterocycles. The Balaban J connectivity index is 1.08. The van der Waals surface area contributed by atoms with Crippen LogP contribution in [0.5, 0.6) is 0 Å². The summed E-state index contributed by atoms with van der Waals surface area (Å²) in [6.45, 7) is 0. The van der Waals surface area contributed by atoms with E-state index in [1.165, 1.54) is 33.1 Å². The maximum atomic E-state index is 6.56. The van der Waals surface area contributed by atoms with Crippen LogP contribution in [-0.2, 0) is 0 Å². The number of furan rings is 1. The predicted molar refractivity (Wildman–Crippen MR) is 242 cm³/mol. The molecule has 4 heterocycles. The van der Waals surface area contributed by atoms with E-state index in [1.54, 1.807) is 0 Å². The van der Waals surface area contributed by atoms with E-state index in [2.05, 4.69) is 208 Å². The predicted octanol–water partition coefficient (Wildman–Crippen LogP) is 12.5. The highest BCUT2D eigenvalue weighted by atomic mass is 16.3. The normalized spacial score (nSPS) is 18.9. The van der Waals surface area contributed by atoms with Gasteiger partial charge in [0, 0.05) is 50.0 Å². The fraction of sp³-hybridized carbons (Fsp3) is 0.0755. The third-order valence-corrected chi connectivity index (χ3v) is 12.2. The third kappa shape index (κ3) is 5.56. The van der Waals surface area contributed by atoms with E-state index in [0.717, 1.165) is 67.9 Å². The lowest BCUT2D eigenvalue weighted by Gasteiger charge is -2.39. The topological polar surface area (TPSA) is 57.7 Å². The Kier molecular flexibility index (Phi) is 7.78. The molecule has 3 aliphatic rings. The summed E-state index contributed by atoms with van der Waals surface area (Å²) in [5.74, 6) is 0.856. The van der Waals surface area contributed by atoms with Gasteiger partial charge in [-0.3, -0.25) is 10.2 Å². The Bertz CT molecular complexity index is 3210. The lowest BCUT2D eigenvalue weighted by Crippen LogP contribution is -2.52. The van der Waals surface area contributed by atoms with Crippen molar-refractivity contribution in [3.05, 3.63) is 216 Å². The molecule has 3 atom stereocenters. The first kappa shape index (κ1) is 33.7. The molecule has 3 unspecified atom stereocenters. The van der Waals surface area contributed by atoms with Crippen LogP contribution in [0.25, 0.3) is 61.1 Å². The molecule has 0 radical (unpaired) electrons. The highest BCUT2D eigenvalue weighted by molar-refractivity contribution is 6.14. The number of hydrogen-bond donors (Lipinski definition) is 2. The molecule has 0 bridgehead atoms. The molecule has 0 amide bonds. The molecular formula is C53H39N5O. The molecule has 6 nitrogen and oxygen atoms in total. The molecule has 59 heavy (non-hydrogen) atoms. The van der Waals surface area contributed by atoms with Gasteiger partial charge in [-0.05, 0) is 65.6 Å². The zero-order chi connectivity index (χ0) is 38.9. The average molecular weight is 762 g/mol. The van der Waals surface area contributed by atoms with Crippen LogP contribution in [-0.4, -0.2) is 10.5 Å². The van der Waals surface area contributed by atoms with Crippen molar-refractivity contribution in [2.24, 2.45) is 10.9 Å². The van der Waals surface area contributed by atoms with Gasteiger partial charge in [0.15, 0.2) is 0 Å². The first-order chi connectivity index (χ1) is 29.2. The van der Waals surface area contributed by atoms with E-state index in [9.17, 15) is 0 Å². The van der Waals surface area contributed by atoms with Gasteiger partial charge in [0.25, 0.3) is 0 Å². The van der Waals surface area contributed by atoms with Crippen LogP contribution >= 0.6 is 0 Å². The first-order valence-electron chi connectivity index (χ1n) is 20.4. The van der Waals surface area contributed by atoms with Crippen LogP contribution in [0.3, 0.4) is 0 Å². The Morgan fingerprint density at radius 3 is 2.15 bits per heavy atom. The van der Waals surface area contributed by atoms with Crippen LogP contribution in [0.2, 0.25) is 0 Å². The molecule has 0 saturated carbocycles. The lowest BCUT2D eigenvalue weighted by atomic mass is 9.86. The summed E-state index contributed by atoms with van der Waals surface area (Å²) in [7, 11) is 0. The van der Waals surface area contributed by atoms with Crippen molar-refractivity contribution < 1.29 is 4.42 Å². The standard InChI is InChI=1S/C53H39N5O/c1-4-15-34(16-5-1)51-54-52(35-17-6-2-7-18-35)56-53(55-51)58-45-30-29-36(40-23-14-24-43-42-22-11-13-26-49(42)59-50(40)43)31-37(45)27-28-38-32-48-44(33-47(38)58)41-21-10-12-25-46(41)57(48)39-19-8-3-9-20-39/h1-30,32-33,37,51-52,54H,31H2,(H,55,56). The number of hydrogen-bond acceptors (Lipinski definition) is 5. The van der Waals surface area contributed by atoms with Gasteiger partial charge < -0.3 is 14.3 Å². The van der Waals surface area contributed by atoms with Crippen LogP contribution in [0.15, 0.2) is 203 Å². The van der Waals surface area contributed by atoms with Crippen molar-refractivity contribution in [3.63, 3.8) is 0 Å². The third-order valence-electron chi connectivity index (χ3n) is 12.2. The number of guanidine groups is 1. The summed E-state index contributed by atoms with van der Waals surface area (Å²) in [5.41, 5.74) is 13.3. The van der Waals surface area contributed by atoms with Gasteiger partial charge in [-0.1, -0.05) is 152 Å². The van der Waals surface area contributed by atoms with E-state index in [-0.39, 0.29) is 18.2 Å². The van der Waals surface area contributed by atoms with Crippen molar-refractivity contribution >= 4 is 67.0 Å². The molecule has 0 spiro atoms. The fourth-order valence-electron chi connectivity index (χ4n) is 9.40. The Morgan fingerprint density at radius 1 is 0.610 bits per heavy atom. The number of nitrogens with one attached hydrogen (secondary N) is 2. The van der Waals surface area contributed by atoms with Gasteiger partial charge in [-0.2, -0.15) is 0 Å². The van der Waals surface area contributed by atoms with Crippen LogP contribution < -0.4 is 15.5 Å². The van der Waals surface area contributed by atoms with Gasteiger partial charge in [0.2, 0.25) is 5.96 Å². The number of benzene rings is 7. The summed E-state index contributed by atoms with van der Waals surface area (Å²) < 4.78 is 8.96. The van der Waals surface area contributed by atoms with E-state index in [0.29, 0.717) is 0 Å². The second-order valence-electron chi connectivity index (χ2n) is 15.6. The average Bonchev–Trinajstić information content (AvgIpc) is 3.79. The molecule has 1 aliphatic carbocycles. The summed E-state index contributed by atoms with van der Waals surface area (Å²) >= 11 is 0. The molecule has 2 N–H and O–H groups in total. The number of nitrogens with zero attached hydrogens (tertiary/aromatic N) is 3. The van der Waals surface area contributed by atoms with Crippen molar-refractivity contribution in [1.82, 2.24) is 15.2 Å². The highest BCUT2D eigenvalue weighted by Gasteiger charge is 2.35. The van der Waals surface area contributed by atoms with Crippen LogP contribution in [0, 0.1) is 5.92 Å². The summed E-state index contributed by atoms with van der Waals surface area (Å²) in [6.07, 6.45) is 9.67. The van der Waals surface area contributed by atoms with Gasteiger partial charge in [-0.15, -0.1) is 0 Å². The van der Waals surface area contributed by atoms with Crippen molar-refractivity contribution in [3.8, 4) is 5.69 Å². The minimum atomic E-state index is -0.277. The molecule has 0 fully saturated rings. The van der Waals surface area contributed by atoms with Crippen LogP contribution in [0.1, 0.15) is 41.0 Å². The molecule has 6 heteroatoms. The number of anilines is 1. The SMILES string of the molecule is C1=CC2CC(c3cccc4c3oc3ccccc34)=CC=C2N(C2=NC(c3ccccc3)NC(c3ccccc3)N2)c2cc3c4ccccc4n(-c4ccccc4)c3cc21. The van der Waals surface area contributed by atoms with Gasteiger partial charge in [-0.25, -0.2) is 4.99 Å². The second-order valence-corrected chi connectivity index (χ2v) is 15.6. The molecule has 0 saturated heterocycles. The van der Waals surface area contributed by atoms with E-state index in [4.69, 9.17) is 9.41 Å². The summed E-state index contributed by atoms with van der Waals surface area (Å²) in [6, 6.07) is 60.2. The highest BCUT2D eigenvalue weighted by Crippen LogP contribution is 2.45. The largest absolute Gasteiger partial charge is 0.455 e. The van der Waals surface area contributed by atoms with Gasteiger partial charge >= 0.3 is 0 Å². The number of aliphatic imine (C=N–C) groups is 1. The summed E-state index contributed by atoms with van der Waals surface area (Å²) in [5, 5.41) is 12.4. The van der Waals surface area contributed by atoms with E-state index >= 15 is 0 Å². The number of allylic oxidation sites excluding steroid dienone is 4. The molecule has 7 aromatic carbocycles. The molecular weight excluding hydrogens is 723 g/mol. The van der Waals surface area contributed by atoms with Crippen molar-refractivity contribution in [1.29, 1.82) is 0 Å². The minimum absolute atomic E-state index is 0.0547. The molecule has 282 valence electrons. The lowest BCUT2D eigenvalue weighted by molar-refractivity contribution is 0.405. The van der Waals surface area contributed by atoms with E-state index < -0.39 is 0 Å². The number of rotatable bonds is 4. The van der Waals surface area contributed by atoms with Gasteiger partial charge in [0.05, 0.1) is 16.7 Å². The molecule has 9 aromatic rings. The zero-order valence-electron chi connectivity index (χ0n) is 32.2. The summed E-state index contributed by atoms with van der Waals surface area (Å²) in [4.78, 5) is 7.93. The Morgan fingerprint density at radius 2 is 1.32 bits per heavy atom. The quantitative estimate of drug-likeness (QED) is 0.187. The van der Waals surface area contributed by atoms with Crippen molar-refractivity contribution in [2.45, 2.75) is 18.8 Å². The smallest absolute Gasteiger partial charge is 0.206 e. The van der Waals surface area contributed by atoms with Crippen LogP contribution in [0.4, 0.5) is 5.69 Å². The number of fused-ring (bicyclic) bond motifs is 8. The molecule has 2 aromatic heterocycles. The second kappa shape index (κ2) is 13.6.